The molecule has 2 rings (SSSR count). The van der Waals surface area contributed by atoms with Gasteiger partial charge in [-0.25, -0.2) is 12.8 Å². The van der Waals surface area contributed by atoms with E-state index in [-0.39, 0.29) is 29.6 Å². The predicted octanol–water partition coefficient (Wildman–Crippen LogP) is -0.0831. The summed E-state index contributed by atoms with van der Waals surface area (Å²) < 4.78 is 38.9. The number of carbonyl (C=O) groups is 1. The number of nitrogens with zero attached hydrogens (tertiary/aromatic N) is 1. The number of nitrogens with one attached hydrogen (secondary N) is 1. The third-order valence-corrected chi connectivity index (χ3v) is 5.05. The van der Waals surface area contributed by atoms with Crippen molar-refractivity contribution in [3.63, 3.8) is 0 Å². The first-order valence-electron chi connectivity index (χ1n) is 5.68. The molecule has 1 amide bonds. The standard InChI is InChI=1S/C11H14FN3O3S/c1-7-11(16)14-4-5-15(7)19(17,18)10-3-2-8(12)6-9(10)13/h2-3,6-7H,4-5,13H2,1H3,(H,14,16). The number of nitrogen functional groups attached to an aromatic ring is 1. The van der Waals surface area contributed by atoms with Gasteiger partial charge in [0.05, 0.1) is 5.69 Å². The Hall–Kier alpha value is -1.67. The number of sulfonamides is 1. The van der Waals surface area contributed by atoms with Crippen molar-refractivity contribution in [3.8, 4) is 0 Å². The summed E-state index contributed by atoms with van der Waals surface area (Å²) in [5.74, 6) is -0.976. The van der Waals surface area contributed by atoms with Crippen LogP contribution >= 0.6 is 0 Å². The summed E-state index contributed by atoms with van der Waals surface area (Å²) in [5, 5.41) is 2.57. The first kappa shape index (κ1) is 13.8. The zero-order valence-electron chi connectivity index (χ0n) is 10.3. The molecule has 0 radical (unpaired) electrons. The smallest absolute Gasteiger partial charge is 0.245 e. The number of nitrogens with two attached hydrogens (primary N) is 1. The van der Waals surface area contributed by atoms with E-state index in [1.165, 1.54) is 6.92 Å². The molecule has 1 aliphatic heterocycles. The molecule has 1 heterocycles. The van der Waals surface area contributed by atoms with Crippen LogP contribution in [0.1, 0.15) is 6.92 Å². The average Bonchev–Trinajstić information content (AvgIpc) is 2.31. The molecule has 19 heavy (non-hydrogen) atoms. The van der Waals surface area contributed by atoms with Crippen LogP contribution in [-0.2, 0) is 14.8 Å². The van der Waals surface area contributed by atoms with Gasteiger partial charge < -0.3 is 11.1 Å². The lowest BCUT2D eigenvalue weighted by Crippen LogP contribution is -2.55. The highest BCUT2D eigenvalue weighted by Crippen LogP contribution is 2.25. The third kappa shape index (κ3) is 2.41. The summed E-state index contributed by atoms with van der Waals surface area (Å²) in [6.07, 6.45) is 0. The summed E-state index contributed by atoms with van der Waals surface area (Å²) in [7, 11) is -3.91. The minimum Gasteiger partial charge on any atom is -0.398 e. The van der Waals surface area contributed by atoms with Gasteiger partial charge in [0.2, 0.25) is 15.9 Å². The van der Waals surface area contributed by atoms with E-state index in [2.05, 4.69) is 5.32 Å². The molecule has 1 aromatic rings. The number of hydrogen-bond acceptors (Lipinski definition) is 4. The Morgan fingerprint density at radius 2 is 2.16 bits per heavy atom. The number of halogens is 1. The maximum atomic E-state index is 13.0. The maximum Gasteiger partial charge on any atom is 0.245 e. The first-order chi connectivity index (χ1) is 8.84. The van der Waals surface area contributed by atoms with Crippen molar-refractivity contribution in [2.75, 3.05) is 18.8 Å². The molecule has 1 saturated heterocycles. The van der Waals surface area contributed by atoms with Crippen LogP contribution in [0.2, 0.25) is 0 Å². The van der Waals surface area contributed by atoms with E-state index in [0.29, 0.717) is 0 Å². The Morgan fingerprint density at radius 1 is 1.47 bits per heavy atom. The van der Waals surface area contributed by atoms with E-state index >= 15 is 0 Å². The second kappa shape index (κ2) is 4.78. The summed E-state index contributed by atoms with van der Waals surface area (Å²) in [4.78, 5) is 11.3. The molecule has 6 nitrogen and oxygen atoms in total. The Kier molecular flexibility index (Phi) is 3.46. The maximum absolute atomic E-state index is 13.0. The van der Waals surface area contributed by atoms with Crippen molar-refractivity contribution >= 4 is 21.6 Å². The Bertz CT molecular complexity index is 618. The van der Waals surface area contributed by atoms with Gasteiger partial charge in [0, 0.05) is 13.1 Å². The molecule has 1 aromatic carbocycles. The Balaban J connectivity index is 2.44. The van der Waals surface area contributed by atoms with Crippen LogP contribution < -0.4 is 11.1 Å². The van der Waals surface area contributed by atoms with E-state index in [9.17, 15) is 17.6 Å². The largest absolute Gasteiger partial charge is 0.398 e. The second-order valence-corrected chi connectivity index (χ2v) is 6.12. The van der Waals surface area contributed by atoms with E-state index in [4.69, 9.17) is 5.73 Å². The second-order valence-electron chi connectivity index (χ2n) is 4.26. The number of amides is 1. The normalized spacial score (nSPS) is 21.2. The van der Waals surface area contributed by atoms with E-state index < -0.39 is 21.9 Å². The number of carbonyl (C=O) groups excluding carboxylic acids is 1. The van der Waals surface area contributed by atoms with Crippen molar-refractivity contribution in [3.05, 3.63) is 24.0 Å². The lowest BCUT2D eigenvalue weighted by Gasteiger charge is -2.32. The van der Waals surface area contributed by atoms with E-state index in [1.807, 2.05) is 0 Å². The van der Waals surface area contributed by atoms with Gasteiger partial charge in [-0.15, -0.1) is 0 Å². The number of rotatable bonds is 2. The van der Waals surface area contributed by atoms with Gasteiger partial charge in [-0.3, -0.25) is 4.79 Å². The third-order valence-electron chi connectivity index (χ3n) is 3.00. The van der Waals surface area contributed by atoms with Crippen molar-refractivity contribution in [1.82, 2.24) is 9.62 Å². The molecule has 1 atom stereocenters. The molecule has 3 N–H and O–H groups in total. The van der Waals surface area contributed by atoms with Crippen molar-refractivity contribution in [2.24, 2.45) is 0 Å². The van der Waals surface area contributed by atoms with Gasteiger partial charge >= 0.3 is 0 Å². The molecule has 0 aliphatic carbocycles. The molecule has 0 bridgehead atoms. The zero-order chi connectivity index (χ0) is 14.2. The summed E-state index contributed by atoms with van der Waals surface area (Å²) in [5.41, 5.74) is 5.38. The summed E-state index contributed by atoms with van der Waals surface area (Å²) >= 11 is 0. The van der Waals surface area contributed by atoms with Gasteiger partial charge in [0.1, 0.15) is 16.8 Å². The van der Waals surface area contributed by atoms with E-state index in [1.54, 1.807) is 0 Å². The van der Waals surface area contributed by atoms with Gasteiger partial charge in [-0.05, 0) is 25.1 Å². The minimum absolute atomic E-state index is 0.159. The molecule has 1 fully saturated rings. The van der Waals surface area contributed by atoms with Crippen molar-refractivity contribution in [2.45, 2.75) is 17.9 Å². The van der Waals surface area contributed by atoms with Crippen molar-refractivity contribution in [1.29, 1.82) is 0 Å². The quantitative estimate of drug-likeness (QED) is 0.744. The highest BCUT2D eigenvalue weighted by atomic mass is 32.2. The van der Waals surface area contributed by atoms with Crippen LogP contribution in [-0.4, -0.2) is 37.8 Å². The molecule has 104 valence electrons. The molecule has 0 saturated carbocycles. The van der Waals surface area contributed by atoms with Crippen molar-refractivity contribution < 1.29 is 17.6 Å². The van der Waals surface area contributed by atoms with Gasteiger partial charge in [0.15, 0.2) is 0 Å². The lowest BCUT2D eigenvalue weighted by atomic mass is 10.2. The monoisotopic (exact) mass is 287 g/mol. The van der Waals surface area contributed by atoms with Crippen LogP contribution in [0.4, 0.5) is 10.1 Å². The molecular weight excluding hydrogens is 273 g/mol. The number of piperazine rings is 1. The van der Waals surface area contributed by atoms with Crippen LogP contribution in [0.3, 0.4) is 0 Å². The highest BCUT2D eigenvalue weighted by Gasteiger charge is 2.36. The van der Waals surface area contributed by atoms with E-state index in [0.717, 1.165) is 22.5 Å². The first-order valence-corrected chi connectivity index (χ1v) is 7.12. The lowest BCUT2D eigenvalue weighted by molar-refractivity contribution is -0.126. The molecule has 8 heteroatoms. The fraction of sp³-hybridized carbons (Fsp3) is 0.364. The molecule has 1 aliphatic rings. The average molecular weight is 287 g/mol. The molecule has 0 aromatic heterocycles. The summed E-state index contributed by atoms with van der Waals surface area (Å²) in [6.45, 7) is 1.89. The SMILES string of the molecule is CC1C(=O)NCCN1S(=O)(=O)c1ccc(F)cc1N. The van der Waals surface area contributed by atoms with Gasteiger partial charge in [0.25, 0.3) is 0 Å². The summed E-state index contributed by atoms with van der Waals surface area (Å²) in [6, 6.07) is 2.27. The number of hydrogen-bond donors (Lipinski definition) is 2. The van der Waals surface area contributed by atoms with Crippen LogP contribution in [0.25, 0.3) is 0 Å². The molecular formula is C11H14FN3O3S. The Labute approximate surface area is 110 Å². The molecule has 1 unspecified atom stereocenters. The highest BCUT2D eigenvalue weighted by molar-refractivity contribution is 7.89. The van der Waals surface area contributed by atoms with Crippen LogP contribution in [0, 0.1) is 5.82 Å². The van der Waals surface area contributed by atoms with Crippen LogP contribution in [0.5, 0.6) is 0 Å². The fourth-order valence-corrected chi connectivity index (χ4v) is 3.66. The Morgan fingerprint density at radius 3 is 2.79 bits per heavy atom. The zero-order valence-corrected chi connectivity index (χ0v) is 11.1. The molecule has 0 spiro atoms. The van der Waals surface area contributed by atoms with Crippen LogP contribution in [0.15, 0.2) is 23.1 Å². The van der Waals surface area contributed by atoms with Gasteiger partial charge in [-0.2, -0.15) is 4.31 Å². The number of benzene rings is 1. The number of anilines is 1. The van der Waals surface area contributed by atoms with Gasteiger partial charge in [-0.1, -0.05) is 0 Å². The predicted molar refractivity (Wildman–Crippen MR) is 67.2 cm³/mol. The topological polar surface area (TPSA) is 92.5 Å². The fourth-order valence-electron chi connectivity index (χ4n) is 1.97. The minimum atomic E-state index is -3.91.